The summed E-state index contributed by atoms with van der Waals surface area (Å²) in [6, 6.07) is -0.327. The zero-order valence-electron chi connectivity index (χ0n) is 8.16. The molecule has 2 fully saturated rings. The molecule has 2 unspecified atom stereocenters. The predicted octanol–water partition coefficient (Wildman–Crippen LogP) is -0.530. The maximum atomic E-state index is 11.8. The van der Waals surface area contributed by atoms with Crippen LogP contribution in [0.15, 0.2) is 0 Å². The van der Waals surface area contributed by atoms with Gasteiger partial charge < -0.3 is 15.0 Å². The summed E-state index contributed by atoms with van der Waals surface area (Å²) in [5.74, 6) is -0.0445. The Kier molecular flexibility index (Phi) is 2.41. The van der Waals surface area contributed by atoms with E-state index in [1.165, 1.54) is 0 Å². The van der Waals surface area contributed by atoms with E-state index in [0.29, 0.717) is 26.0 Å². The summed E-state index contributed by atoms with van der Waals surface area (Å²) in [5.41, 5.74) is 0. The molecule has 2 aliphatic rings. The first-order valence-corrected chi connectivity index (χ1v) is 4.90. The fourth-order valence-corrected chi connectivity index (χ4v) is 1.88. The predicted molar refractivity (Wildman–Crippen MR) is 48.3 cm³/mol. The van der Waals surface area contributed by atoms with E-state index in [2.05, 4.69) is 5.32 Å². The van der Waals surface area contributed by atoms with Crippen molar-refractivity contribution in [1.29, 1.82) is 0 Å². The number of amides is 2. The maximum absolute atomic E-state index is 11.8. The van der Waals surface area contributed by atoms with Crippen molar-refractivity contribution in [3.63, 3.8) is 0 Å². The van der Waals surface area contributed by atoms with E-state index >= 15 is 0 Å². The van der Waals surface area contributed by atoms with E-state index in [-0.39, 0.29) is 24.1 Å². The second-order valence-electron chi connectivity index (χ2n) is 3.66. The highest BCUT2D eigenvalue weighted by Crippen LogP contribution is 2.15. The third kappa shape index (κ3) is 1.59. The Morgan fingerprint density at radius 2 is 2.43 bits per heavy atom. The molecule has 2 rings (SSSR count). The summed E-state index contributed by atoms with van der Waals surface area (Å²) in [6.07, 6.45) is 0.917. The number of rotatable bonds is 1. The van der Waals surface area contributed by atoms with Crippen molar-refractivity contribution in [3.8, 4) is 0 Å². The summed E-state index contributed by atoms with van der Waals surface area (Å²) < 4.78 is 5.27. The van der Waals surface area contributed by atoms with Crippen molar-refractivity contribution in [1.82, 2.24) is 10.2 Å². The van der Waals surface area contributed by atoms with Gasteiger partial charge in [-0.25, -0.2) is 0 Å². The molecule has 2 heterocycles. The van der Waals surface area contributed by atoms with Crippen LogP contribution in [0.3, 0.4) is 0 Å². The fraction of sp³-hybridized carbons (Fsp3) is 0.778. The number of nitrogens with zero attached hydrogens (tertiary/aromatic N) is 1. The molecule has 2 amide bonds. The van der Waals surface area contributed by atoms with Crippen molar-refractivity contribution >= 4 is 11.8 Å². The molecule has 0 saturated carbocycles. The molecule has 0 aromatic carbocycles. The van der Waals surface area contributed by atoms with Crippen LogP contribution in [-0.4, -0.2) is 42.1 Å². The Bertz CT molecular complexity index is 267. The second kappa shape index (κ2) is 3.57. The van der Waals surface area contributed by atoms with Crippen molar-refractivity contribution < 1.29 is 14.3 Å². The number of hydrogen-bond donors (Lipinski definition) is 1. The minimum atomic E-state index is -0.327. The monoisotopic (exact) mass is 198 g/mol. The molecule has 2 aliphatic heterocycles. The lowest BCUT2D eigenvalue weighted by atomic mass is 10.2. The molecule has 5 heteroatoms. The molecule has 5 nitrogen and oxygen atoms in total. The van der Waals surface area contributed by atoms with E-state index in [4.69, 9.17) is 4.74 Å². The van der Waals surface area contributed by atoms with E-state index in [1.54, 1.807) is 4.90 Å². The van der Waals surface area contributed by atoms with Gasteiger partial charge in [0.2, 0.25) is 11.8 Å². The molecule has 0 radical (unpaired) electrons. The van der Waals surface area contributed by atoms with E-state index in [9.17, 15) is 9.59 Å². The zero-order valence-corrected chi connectivity index (χ0v) is 8.16. The van der Waals surface area contributed by atoms with Gasteiger partial charge in [-0.1, -0.05) is 0 Å². The molecule has 2 saturated heterocycles. The van der Waals surface area contributed by atoms with Gasteiger partial charge in [0.15, 0.2) is 0 Å². The molecule has 0 spiro atoms. The topological polar surface area (TPSA) is 58.6 Å². The Hall–Kier alpha value is -1.10. The molecule has 0 aliphatic carbocycles. The average Bonchev–Trinajstić information content (AvgIpc) is 2.73. The highest BCUT2D eigenvalue weighted by molar-refractivity contribution is 5.90. The Balaban J connectivity index is 1.97. The van der Waals surface area contributed by atoms with Crippen molar-refractivity contribution in [3.05, 3.63) is 0 Å². The smallest absolute Gasteiger partial charge is 0.247 e. The van der Waals surface area contributed by atoms with Crippen molar-refractivity contribution in [2.45, 2.75) is 32.0 Å². The highest BCUT2D eigenvalue weighted by Gasteiger charge is 2.34. The minimum Gasteiger partial charge on any atom is -0.357 e. The Labute approximate surface area is 82.4 Å². The number of nitrogens with one attached hydrogen (secondary N) is 1. The average molecular weight is 198 g/mol. The van der Waals surface area contributed by atoms with Crippen LogP contribution in [0.5, 0.6) is 0 Å². The summed E-state index contributed by atoms with van der Waals surface area (Å²) in [7, 11) is 0. The van der Waals surface area contributed by atoms with Crippen molar-refractivity contribution in [2.24, 2.45) is 0 Å². The molecule has 2 atom stereocenters. The molecule has 14 heavy (non-hydrogen) atoms. The lowest BCUT2D eigenvalue weighted by Crippen LogP contribution is -2.46. The summed E-state index contributed by atoms with van der Waals surface area (Å²) in [6.45, 7) is 3.07. The van der Waals surface area contributed by atoms with Gasteiger partial charge in [0, 0.05) is 13.0 Å². The normalized spacial score (nSPS) is 32.1. The van der Waals surface area contributed by atoms with Crippen LogP contribution >= 0.6 is 0 Å². The molecular weight excluding hydrogens is 184 g/mol. The van der Waals surface area contributed by atoms with Crippen LogP contribution in [-0.2, 0) is 14.3 Å². The minimum absolute atomic E-state index is 0.0131. The zero-order chi connectivity index (χ0) is 10.1. The maximum Gasteiger partial charge on any atom is 0.247 e. The second-order valence-corrected chi connectivity index (χ2v) is 3.66. The van der Waals surface area contributed by atoms with Crippen LogP contribution < -0.4 is 5.32 Å². The molecule has 0 bridgehead atoms. The third-order valence-corrected chi connectivity index (χ3v) is 2.71. The van der Waals surface area contributed by atoms with Gasteiger partial charge >= 0.3 is 0 Å². The van der Waals surface area contributed by atoms with Crippen LogP contribution in [0.2, 0.25) is 0 Å². The van der Waals surface area contributed by atoms with E-state index in [1.807, 2.05) is 6.92 Å². The number of carbonyl (C=O) groups is 2. The first-order valence-electron chi connectivity index (χ1n) is 4.90. The number of carbonyl (C=O) groups excluding carboxylic acids is 2. The molecule has 1 N–H and O–H groups in total. The Morgan fingerprint density at radius 1 is 1.64 bits per heavy atom. The number of hydrogen-bond acceptors (Lipinski definition) is 3. The SMILES string of the molecule is CC1OCCN1C(=O)C1CCC(=O)N1. The third-order valence-electron chi connectivity index (χ3n) is 2.71. The molecule has 0 aromatic heterocycles. The molecular formula is C9H14N2O3. The van der Waals surface area contributed by atoms with Gasteiger partial charge in [-0.05, 0) is 13.3 Å². The summed E-state index contributed by atoms with van der Waals surface area (Å²) in [4.78, 5) is 24.5. The molecule has 0 aromatic rings. The van der Waals surface area contributed by atoms with Crippen LogP contribution in [0.25, 0.3) is 0 Å². The van der Waals surface area contributed by atoms with Crippen LogP contribution in [0.1, 0.15) is 19.8 Å². The summed E-state index contributed by atoms with van der Waals surface area (Å²) >= 11 is 0. The van der Waals surface area contributed by atoms with Gasteiger partial charge in [0.1, 0.15) is 12.3 Å². The van der Waals surface area contributed by atoms with Crippen LogP contribution in [0.4, 0.5) is 0 Å². The lowest BCUT2D eigenvalue weighted by molar-refractivity contribution is -0.138. The fourth-order valence-electron chi connectivity index (χ4n) is 1.88. The van der Waals surface area contributed by atoms with E-state index < -0.39 is 0 Å². The Morgan fingerprint density at radius 3 is 2.93 bits per heavy atom. The first kappa shape index (κ1) is 9.45. The standard InChI is InChI=1S/C9H14N2O3/c1-6-11(4-5-14-6)9(13)7-2-3-8(12)10-7/h6-7H,2-5H2,1H3,(H,10,12). The summed E-state index contributed by atoms with van der Waals surface area (Å²) in [5, 5.41) is 2.67. The number of ether oxygens (including phenoxy) is 1. The van der Waals surface area contributed by atoms with Gasteiger partial charge in [-0.2, -0.15) is 0 Å². The first-order chi connectivity index (χ1) is 6.68. The van der Waals surface area contributed by atoms with Gasteiger partial charge in [-0.15, -0.1) is 0 Å². The lowest BCUT2D eigenvalue weighted by Gasteiger charge is -2.22. The van der Waals surface area contributed by atoms with Gasteiger partial charge in [-0.3, -0.25) is 9.59 Å². The van der Waals surface area contributed by atoms with Gasteiger partial charge in [0.25, 0.3) is 0 Å². The van der Waals surface area contributed by atoms with Crippen molar-refractivity contribution in [2.75, 3.05) is 13.2 Å². The molecule has 78 valence electrons. The largest absolute Gasteiger partial charge is 0.357 e. The van der Waals surface area contributed by atoms with Crippen LogP contribution in [0, 0.1) is 0 Å². The van der Waals surface area contributed by atoms with Gasteiger partial charge in [0.05, 0.1) is 6.61 Å². The van der Waals surface area contributed by atoms with E-state index in [0.717, 1.165) is 0 Å². The quantitative estimate of drug-likeness (QED) is 0.616. The highest BCUT2D eigenvalue weighted by atomic mass is 16.5.